The highest BCUT2D eigenvalue weighted by Crippen LogP contribution is 2.32. The van der Waals surface area contributed by atoms with Gasteiger partial charge < -0.3 is 10.2 Å². The Hall–Kier alpha value is -1.32. The van der Waals surface area contributed by atoms with Crippen molar-refractivity contribution in [3.05, 3.63) is 48.2 Å². The van der Waals surface area contributed by atoms with Gasteiger partial charge in [-0.25, -0.2) is 0 Å². The molecule has 1 N–H and O–H groups in total. The van der Waals surface area contributed by atoms with Crippen molar-refractivity contribution in [2.75, 3.05) is 13.1 Å². The molecule has 0 amide bonds. The molecular weight excluding hydrogens is 238 g/mol. The quantitative estimate of drug-likeness (QED) is 0.484. The maximum atomic E-state index is 5.54. The molecule has 0 saturated carbocycles. The van der Waals surface area contributed by atoms with Crippen LogP contribution in [0.2, 0.25) is 0 Å². The van der Waals surface area contributed by atoms with Gasteiger partial charge in [-0.2, -0.15) is 4.89 Å². The number of rotatable bonds is 6. The van der Waals surface area contributed by atoms with E-state index >= 15 is 0 Å². The molecule has 1 unspecified atom stereocenters. The molecular formula is C16H23NO2. The van der Waals surface area contributed by atoms with Gasteiger partial charge in [0.15, 0.2) is 0 Å². The van der Waals surface area contributed by atoms with Crippen molar-refractivity contribution in [1.29, 1.82) is 0 Å². The van der Waals surface area contributed by atoms with Crippen molar-refractivity contribution in [3.63, 3.8) is 0 Å². The Morgan fingerprint density at radius 1 is 1.32 bits per heavy atom. The van der Waals surface area contributed by atoms with Crippen LogP contribution in [0.3, 0.4) is 0 Å². The van der Waals surface area contributed by atoms with Crippen LogP contribution in [0.5, 0.6) is 0 Å². The van der Waals surface area contributed by atoms with Gasteiger partial charge >= 0.3 is 0 Å². The van der Waals surface area contributed by atoms with Gasteiger partial charge in [0, 0.05) is 0 Å². The van der Waals surface area contributed by atoms with Gasteiger partial charge in [-0.1, -0.05) is 37.8 Å². The minimum Gasteiger partial charge on any atom is -0.345 e. The van der Waals surface area contributed by atoms with Gasteiger partial charge in [0.25, 0.3) is 0 Å². The highest BCUT2D eigenvalue weighted by Gasteiger charge is 2.27. The molecule has 0 aliphatic carbocycles. The second-order valence-corrected chi connectivity index (χ2v) is 4.96. The molecule has 1 aliphatic heterocycles. The third-order valence-corrected chi connectivity index (χ3v) is 3.76. The molecule has 1 fully saturated rings. The summed E-state index contributed by atoms with van der Waals surface area (Å²) < 4.78 is 0. The van der Waals surface area contributed by atoms with E-state index in [2.05, 4.69) is 43.1 Å². The molecule has 0 bridgehead atoms. The van der Waals surface area contributed by atoms with E-state index in [1.54, 1.807) is 0 Å². The number of hydrogen-bond acceptors (Lipinski definition) is 3. The molecule has 0 aromatic heterocycles. The second kappa shape index (κ2) is 7.31. The molecule has 3 nitrogen and oxygen atoms in total. The van der Waals surface area contributed by atoms with Crippen LogP contribution in [0.4, 0.5) is 0 Å². The van der Waals surface area contributed by atoms with E-state index in [0.717, 1.165) is 32.4 Å². The number of hydrogen-bond donors (Lipinski definition) is 1. The molecule has 0 radical (unpaired) electrons. The van der Waals surface area contributed by atoms with Crippen LogP contribution < -0.4 is 5.32 Å². The standard InChI is InChI=1S/C16H23NO2/c1-3-13-5-7-14(8-6-13)16(19-18-4-2)15-9-11-17-12-10-15/h4-8,15-17H,2-3,9-12H2,1H3. The average molecular weight is 261 g/mol. The fraction of sp³-hybridized carbons (Fsp3) is 0.500. The summed E-state index contributed by atoms with van der Waals surface area (Å²) in [7, 11) is 0. The molecule has 0 spiro atoms. The first-order valence-corrected chi connectivity index (χ1v) is 7.07. The molecule has 1 aliphatic rings. The molecule has 19 heavy (non-hydrogen) atoms. The van der Waals surface area contributed by atoms with Crippen molar-refractivity contribution in [2.24, 2.45) is 5.92 Å². The highest BCUT2D eigenvalue weighted by molar-refractivity contribution is 5.24. The summed E-state index contributed by atoms with van der Waals surface area (Å²) in [4.78, 5) is 10.5. The normalized spacial score (nSPS) is 17.9. The smallest absolute Gasteiger partial charge is 0.132 e. The zero-order chi connectivity index (χ0) is 13.5. The van der Waals surface area contributed by atoms with Crippen LogP contribution in [0.25, 0.3) is 0 Å². The summed E-state index contributed by atoms with van der Waals surface area (Å²) in [5.74, 6) is 0.494. The van der Waals surface area contributed by atoms with E-state index < -0.39 is 0 Å². The summed E-state index contributed by atoms with van der Waals surface area (Å²) in [6.45, 7) is 7.80. The Kier molecular flexibility index (Phi) is 5.43. The Bertz CT molecular complexity index is 382. The van der Waals surface area contributed by atoms with Gasteiger partial charge in [-0.05, 0) is 49.4 Å². The van der Waals surface area contributed by atoms with Gasteiger partial charge in [0.1, 0.15) is 12.4 Å². The molecule has 1 aromatic rings. The van der Waals surface area contributed by atoms with Crippen molar-refractivity contribution in [3.8, 4) is 0 Å². The maximum absolute atomic E-state index is 5.54. The van der Waals surface area contributed by atoms with Crippen LogP contribution in [0.15, 0.2) is 37.1 Å². The van der Waals surface area contributed by atoms with Gasteiger partial charge in [-0.3, -0.25) is 0 Å². The largest absolute Gasteiger partial charge is 0.345 e. The lowest BCUT2D eigenvalue weighted by Crippen LogP contribution is -2.31. The highest BCUT2D eigenvalue weighted by atomic mass is 17.2. The summed E-state index contributed by atoms with van der Waals surface area (Å²) in [6.07, 6.45) is 4.61. The molecule has 1 saturated heterocycles. The Morgan fingerprint density at radius 2 is 2.00 bits per heavy atom. The van der Waals surface area contributed by atoms with Crippen molar-refractivity contribution in [1.82, 2.24) is 5.32 Å². The Labute approximate surface area is 115 Å². The monoisotopic (exact) mass is 261 g/mol. The van der Waals surface area contributed by atoms with E-state index in [9.17, 15) is 0 Å². The predicted octanol–water partition coefficient (Wildman–Crippen LogP) is 3.38. The van der Waals surface area contributed by atoms with Crippen molar-refractivity contribution >= 4 is 0 Å². The first-order valence-electron chi connectivity index (χ1n) is 7.07. The first-order chi connectivity index (χ1) is 9.35. The summed E-state index contributed by atoms with van der Waals surface area (Å²) in [5.41, 5.74) is 2.53. The number of benzene rings is 1. The average Bonchev–Trinajstić information content (AvgIpc) is 2.49. The summed E-state index contributed by atoms with van der Waals surface area (Å²) >= 11 is 0. The van der Waals surface area contributed by atoms with Crippen LogP contribution in [-0.2, 0) is 16.2 Å². The lowest BCUT2D eigenvalue weighted by atomic mass is 9.88. The number of aryl methyl sites for hydroxylation is 1. The van der Waals surface area contributed by atoms with E-state index in [1.165, 1.54) is 17.4 Å². The van der Waals surface area contributed by atoms with E-state index in [-0.39, 0.29) is 6.10 Å². The zero-order valence-electron chi connectivity index (χ0n) is 11.6. The minimum atomic E-state index is -0.00833. The lowest BCUT2D eigenvalue weighted by Gasteiger charge is -2.29. The number of nitrogens with one attached hydrogen (secondary N) is 1. The van der Waals surface area contributed by atoms with E-state index in [0.29, 0.717) is 5.92 Å². The van der Waals surface area contributed by atoms with Crippen LogP contribution in [0, 0.1) is 5.92 Å². The third-order valence-electron chi connectivity index (χ3n) is 3.76. The first kappa shape index (κ1) is 14.1. The lowest BCUT2D eigenvalue weighted by molar-refractivity contribution is -0.299. The van der Waals surface area contributed by atoms with Crippen LogP contribution >= 0.6 is 0 Å². The molecule has 104 valence electrons. The summed E-state index contributed by atoms with van der Waals surface area (Å²) in [6, 6.07) is 8.64. The Balaban J connectivity index is 2.12. The SMILES string of the molecule is C=COOC(c1ccc(CC)cc1)C1CCNCC1. The fourth-order valence-electron chi connectivity index (χ4n) is 2.60. The topological polar surface area (TPSA) is 30.5 Å². The van der Waals surface area contributed by atoms with Crippen molar-refractivity contribution in [2.45, 2.75) is 32.3 Å². The predicted molar refractivity (Wildman–Crippen MR) is 76.5 cm³/mol. The van der Waals surface area contributed by atoms with Gasteiger partial charge in [0.05, 0.1) is 0 Å². The fourth-order valence-corrected chi connectivity index (χ4v) is 2.60. The van der Waals surface area contributed by atoms with Gasteiger partial charge in [0.2, 0.25) is 0 Å². The minimum absolute atomic E-state index is 0.00833. The van der Waals surface area contributed by atoms with Gasteiger partial charge in [-0.15, -0.1) is 0 Å². The molecule has 2 rings (SSSR count). The molecule has 1 heterocycles. The maximum Gasteiger partial charge on any atom is 0.132 e. The molecule has 1 atom stereocenters. The molecule has 1 aromatic carbocycles. The summed E-state index contributed by atoms with van der Waals surface area (Å²) in [5, 5.41) is 3.38. The zero-order valence-corrected chi connectivity index (χ0v) is 11.6. The van der Waals surface area contributed by atoms with E-state index in [1.807, 2.05) is 0 Å². The third kappa shape index (κ3) is 3.82. The molecule has 3 heteroatoms. The van der Waals surface area contributed by atoms with Crippen LogP contribution in [0.1, 0.15) is 37.0 Å². The number of piperidine rings is 1. The van der Waals surface area contributed by atoms with Crippen molar-refractivity contribution < 1.29 is 9.78 Å². The second-order valence-electron chi connectivity index (χ2n) is 4.96. The van der Waals surface area contributed by atoms with E-state index in [4.69, 9.17) is 9.78 Å². The Morgan fingerprint density at radius 3 is 2.58 bits per heavy atom. The van der Waals surface area contributed by atoms with Crippen LogP contribution in [-0.4, -0.2) is 13.1 Å².